The summed E-state index contributed by atoms with van der Waals surface area (Å²) in [5, 5.41) is 5.81. The van der Waals surface area contributed by atoms with Crippen molar-refractivity contribution in [3.05, 3.63) is 83.9 Å². The summed E-state index contributed by atoms with van der Waals surface area (Å²) < 4.78 is 0. The third-order valence-electron chi connectivity index (χ3n) is 6.72. The Morgan fingerprint density at radius 3 is 2.19 bits per heavy atom. The van der Waals surface area contributed by atoms with E-state index in [1.807, 2.05) is 76.2 Å². The molecule has 0 aliphatic carbocycles. The molecule has 0 aliphatic heterocycles. The van der Waals surface area contributed by atoms with Gasteiger partial charge in [-0.2, -0.15) is 0 Å². The van der Waals surface area contributed by atoms with E-state index in [1.54, 1.807) is 0 Å². The van der Waals surface area contributed by atoms with Crippen LogP contribution >= 0.6 is 0 Å². The van der Waals surface area contributed by atoms with Gasteiger partial charge in [0.1, 0.15) is 0 Å². The molecule has 3 aromatic rings. The van der Waals surface area contributed by atoms with Crippen molar-refractivity contribution in [2.45, 2.75) is 65.0 Å². The van der Waals surface area contributed by atoms with Crippen LogP contribution in [0.1, 0.15) is 51.7 Å². The second kappa shape index (κ2) is 10.7. The van der Waals surface area contributed by atoms with Crippen molar-refractivity contribution >= 4 is 22.3 Å². The minimum Gasteiger partial charge on any atom is -0.298 e. The van der Waals surface area contributed by atoms with Crippen LogP contribution in [0.3, 0.4) is 0 Å². The van der Waals surface area contributed by atoms with Crippen molar-refractivity contribution in [2.75, 3.05) is 0 Å². The van der Waals surface area contributed by atoms with E-state index in [0.717, 1.165) is 22.9 Å². The summed E-state index contributed by atoms with van der Waals surface area (Å²) in [5.74, 6) is 0.243. The first-order chi connectivity index (χ1) is 15.4. The summed E-state index contributed by atoms with van der Waals surface area (Å²) in [4.78, 5) is 26.7. The van der Waals surface area contributed by atoms with Gasteiger partial charge in [0.15, 0.2) is 11.6 Å². The van der Waals surface area contributed by atoms with Gasteiger partial charge in [-0.1, -0.05) is 93.6 Å². The molecule has 0 fully saturated rings. The molecule has 0 aliphatic rings. The number of ketones is 2. The van der Waals surface area contributed by atoms with Gasteiger partial charge >= 0.3 is 0 Å². The molecule has 0 spiro atoms. The lowest BCUT2D eigenvalue weighted by atomic mass is 9.85. The third kappa shape index (κ3) is 5.72. The number of carbonyl (C=O) groups is 2. The SMILES string of the molecule is CCC(C)C(=O)C(Cc1ccccc1)NC(C)(CC)C(=O)Cc1ccc2ccccc2c1. The molecule has 3 unspecified atom stereocenters. The van der Waals surface area contributed by atoms with Crippen LogP contribution < -0.4 is 5.32 Å². The first-order valence-corrected chi connectivity index (χ1v) is 11.7. The number of hydrogen-bond donors (Lipinski definition) is 1. The molecule has 0 aromatic heterocycles. The van der Waals surface area contributed by atoms with Gasteiger partial charge in [-0.15, -0.1) is 0 Å². The van der Waals surface area contributed by atoms with Crippen LogP contribution in [-0.4, -0.2) is 23.1 Å². The molecule has 0 saturated carbocycles. The average molecular weight is 430 g/mol. The number of carbonyl (C=O) groups excluding carboxylic acids is 2. The molecule has 3 aromatic carbocycles. The maximum Gasteiger partial charge on any atom is 0.156 e. The van der Waals surface area contributed by atoms with Crippen LogP contribution in [-0.2, 0) is 22.4 Å². The number of hydrogen-bond acceptors (Lipinski definition) is 3. The number of Topliss-reactive ketones (excluding diaryl/α,β-unsaturated/α-hetero) is 2. The van der Waals surface area contributed by atoms with Gasteiger partial charge in [0.25, 0.3) is 0 Å². The summed E-state index contributed by atoms with van der Waals surface area (Å²) in [6, 6.07) is 24.0. The van der Waals surface area contributed by atoms with Gasteiger partial charge < -0.3 is 0 Å². The van der Waals surface area contributed by atoms with Gasteiger partial charge in [0.05, 0.1) is 11.6 Å². The van der Waals surface area contributed by atoms with Gasteiger partial charge in [-0.3, -0.25) is 14.9 Å². The predicted octanol–water partition coefficient (Wildman–Crippen LogP) is 5.94. The van der Waals surface area contributed by atoms with Crippen LogP contribution in [0.4, 0.5) is 0 Å². The highest BCUT2D eigenvalue weighted by Gasteiger charge is 2.36. The summed E-state index contributed by atoms with van der Waals surface area (Å²) in [5.41, 5.74) is 1.33. The second-order valence-corrected chi connectivity index (χ2v) is 9.07. The number of benzene rings is 3. The highest BCUT2D eigenvalue weighted by atomic mass is 16.1. The largest absolute Gasteiger partial charge is 0.298 e. The first-order valence-electron chi connectivity index (χ1n) is 11.7. The van der Waals surface area contributed by atoms with E-state index in [9.17, 15) is 9.59 Å². The quantitative estimate of drug-likeness (QED) is 0.410. The summed E-state index contributed by atoms with van der Waals surface area (Å²) in [7, 11) is 0. The monoisotopic (exact) mass is 429 g/mol. The second-order valence-electron chi connectivity index (χ2n) is 9.07. The van der Waals surface area contributed by atoms with E-state index >= 15 is 0 Å². The highest BCUT2D eigenvalue weighted by molar-refractivity contribution is 5.93. The first kappa shape index (κ1) is 23.9. The van der Waals surface area contributed by atoms with Crippen LogP contribution in [0.5, 0.6) is 0 Å². The molecule has 0 radical (unpaired) electrons. The van der Waals surface area contributed by atoms with Crippen molar-refractivity contribution in [2.24, 2.45) is 5.92 Å². The van der Waals surface area contributed by atoms with Gasteiger partial charge in [-0.25, -0.2) is 0 Å². The molecule has 168 valence electrons. The van der Waals surface area contributed by atoms with Gasteiger partial charge in [0.2, 0.25) is 0 Å². The number of fused-ring (bicyclic) bond motifs is 1. The molecular formula is C29H35NO2. The minimum atomic E-state index is -0.770. The molecule has 32 heavy (non-hydrogen) atoms. The van der Waals surface area contributed by atoms with Crippen LogP contribution in [0.25, 0.3) is 10.8 Å². The lowest BCUT2D eigenvalue weighted by Gasteiger charge is -2.34. The smallest absolute Gasteiger partial charge is 0.156 e. The average Bonchev–Trinajstić information content (AvgIpc) is 2.83. The Labute approximate surface area is 192 Å². The fraction of sp³-hybridized carbons (Fsp3) is 0.379. The van der Waals surface area contributed by atoms with Gasteiger partial charge in [0, 0.05) is 12.3 Å². The number of nitrogens with one attached hydrogen (secondary N) is 1. The van der Waals surface area contributed by atoms with E-state index in [2.05, 4.69) is 29.6 Å². The zero-order chi connectivity index (χ0) is 23.1. The van der Waals surface area contributed by atoms with Crippen molar-refractivity contribution < 1.29 is 9.59 Å². The molecule has 3 rings (SSSR count). The molecule has 0 amide bonds. The molecule has 3 nitrogen and oxygen atoms in total. The maximum absolute atomic E-state index is 13.5. The Morgan fingerprint density at radius 1 is 0.875 bits per heavy atom. The Kier molecular flexibility index (Phi) is 7.98. The van der Waals surface area contributed by atoms with E-state index in [-0.39, 0.29) is 17.5 Å². The van der Waals surface area contributed by atoms with E-state index < -0.39 is 11.6 Å². The minimum absolute atomic E-state index is 0.0482. The zero-order valence-corrected chi connectivity index (χ0v) is 19.7. The number of rotatable bonds is 11. The van der Waals surface area contributed by atoms with Crippen molar-refractivity contribution in [1.82, 2.24) is 5.32 Å². The lowest BCUT2D eigenvalue weighted by molar-refractivity contribution is -0.128. The Balaban J connectivity index is 1.82. The van der Waals surface area contributed by atoms with Crippen LogP contribution in [0, 0.1) is 5.92 Å². The summed E-state index contributed by atoms with van der Waals surface area (Å²) in [6.45, 7) is 7.96. The molecular weight excluding hydrogens is 394 g/mol. The topological polar surface area (TPSA) is 46.2 Å². The molecule has 0 bridgehead atoms. The Bertz CT molecular complexity index is 1060. The Morgan fingerprint density at radius 2 is 1.53 bits per heavy atom. The van der Waals surface area contributed by atoms with Crippen LogP contribution in [0.2, 0.25) is 0 Å². The molecule has 3 atom stereocenters. The molecule has 0 saturated heterocycles. The van der Waals surface area contributed by atoms with Crippen molar-refractivity contribution in [3.8, 4) is 0 Å². The van der Waals surface area contributed by atoms with Crippen molar-refractivity contribution in [3.63, 3.8) is 0 Å². The fourth-order valence-electron chi connectivity index (χ4n) is 4.11. The lowest BCUT2D eigenvalue weighted by Crippen LogP contribution is -2.57. The Hall–Kier alpha value is -2.78. The fourth-order valence-corrected chi connectivity index (χ4v) is 4.11. The summed E-state index contributed by atoms with van der Waals surface area (Å²) in [6.07, 6.45) is 2.35. The van der Waals surface area contributed by atoms with E-state index in [1.165, 1.54) is 5.39 Å². The molecule has 3 heteroatoms. The van der Waals surface area contributed by atoms with E-state index in [0.29, 0.717) is 19.3 Å². The normalized spacial score (nSPS) is 15.1. The summed E-state index contributed by atoms with van der Waals surface area (Å²) >= 11 is 0. The molecule has 0 heterocycles. The van der Waals surface area contributed by atoms with Gasteiger partial charge in [-0.05, 0) is 48.1 Å². The highest BCUT2D eigenvalue weighted by Crippen LogP contribution is 2.21. The maximum atomic E-state index is 13.5. The molecule has 1 N–H and O–H groups in total. The predicted molar refractivity (Wildman–Crippen MR) is 133 cm³/mol. The van der Waals surface area contributed by atoms with E-state index in [4.69, 9.17) is 0 Å². The third-order valence-corrected chi connectivity index (χ3v) is 6.72. The van der Waals surface area contributed by atoms with Crippen LogP contribution in [0.15, 0.2) is 72.8 Å². The van der Waals surface area contributed by atoms with Crippen molar-refractivity contribution in [1.29, 1.82) is 0 Å². The zero-order valence-electron chi connectivity index (χ0n) is 19.7. The standard InChI is InChI=1S/C29H35NO2/c1-5-21(3)28(32)26(19-22-12-8-7-9-13-22)30-29(4,6-2)27(31)20-23-16-17-24-14-10-11-15-25(24)18-23/h7-18,21,26,30H,5-6,19-20H2,1-4H3.